The zero-order valence-electron chi connectivity index (χ0n) is 8.46. The van der Waals surface area contributed by atoms with Crippen molar-refractivity contribution in [2.45, 2.75) is 6.92 Å². The molecule has 2 nitrogen and oxygen atoms in total. The molecule has 1 aliphatic rings. The monoisotopic (exact) mass is 211 g/mol. The van der Waals surface area contributed by atoms with Crippen LogP contribution in [0.2, 0.25) is 5.02 Å². The molecule has 0 amide bonds. The Bertz CT molecular complexity index is 319. The first-order chi connectivity index (χ1) is 6.77. The lowest BCUT2D eigenvalue weighted by atomic mass is 10.1. The maximum Gasteiger partial charge on any atom is 0.0934 e. The summed E-state index contributed by atoms with van der Waals surface area (Å²) >= 11 is 6.00. The van der Waals surface area contributed by atoms with Crippen LogP contribution in [-0.2, 0) is 0 Å². The van der Waals surface area contributed by atoms with E-state index in [1.54, 1.807) is 0 Å². The Hall–Kier alpha value is -0.730. The van der Waals surface area contributed by atoms with Crippen molar-refractivity contribution >= 4 is 17.3 Å². The lowest BCUT2D eigenvalue weighted by molar-refractivity contribution is -0.655. The Morgan fingerprint density at radius 1 is 1.29 bits per heavy atom. The van der Waals surface area contributed by atoms with Gasteiger partial charge in [0.2, 0.25) is 0 Å². The molecule has 1 heterocycles. The second-order valence-electron chi connectivity index (χ2n) is 3.78. The van der Waals surface area contributed by atoms with Crippen LogP contribution in [0.3, 0.4) is 0 Å². The van der Waals surface area contributed by atoms with Crippen LogP contribution >= 0.6 is 11.6 Å². The van der Waals surface area contributed by atoms with Gasteiger partial charge < -0.3 is 10.2 Å². The van der Waals surface area contributed by atoms with E-state index >= 15 is 0 Å². The number of piperazine rings is 1. The Morgan fingerprint density at radius 3 is 2.71 bits per heavy atom. The summed E-state index contributed by atoms with van der Waals surface area (Å²) in [4.78, 5) is 2.42. The van der Waals surface area contributed by atoms with Crippen LogP contribution in [0.4, 0.5) is 5.69 Å². The number of benzene rings is 1. The fraction of sp³-hybridized carbons (Fsp3) is 0.455. The highest BCUT2D eigenvalue weighted by Crippen LogP contribution is 2.23. The van der Waals surface area contributed by atoms with Crippen molar-refractivity contribution in [1.29, 1.82) is 0 Å². The Labute approximate surface area is 89.9 Å². The molecular formula is C11H16ClN2+. The molecule has 1 fully saturated rings. The maximum absolute atomic E-state index is 6.00. The number of quaternary nitrogens is 1. The van der Waals surface area contributed by atoms with E-state index in [1.165, 1.54) is 24.3 Å². The first kappa shape index (κ1) is 9.81. The predicted octanol–water partition coefficient (Wildman–Crippen LogP) is 1.03. The van der Waals surface area contributed by atoms with Gasteiger partial charge in [-0.15, -0.1) is 0 Å². The molecule has 1 aliphatic heterocycles. The number of hydrogen-bond acceptors (Lipinski definition) is 1. The number of nitrogens with zero attached hydrogens (tertiary/aromatic N) is 1. The van der Waals surface area contributed by atoms with Crippen LogP contribution < -0.4 is 10.2 Å². The van der Waals surface area contributed by atoms with Gasteiger partial charge >= 0.3 is 0 Å². The molecule has 1 aromatic rings. The molecule has 0 aliphatic carbocycles. The van der Waals surface area contributed by atoms with Crippen molar-refractivity contribution in [3.63, 3.8) is 0 Å². The third-order valence-corrected chi connectivity index (χ3v) is 2.95. The molecule has 0 atom stereocenters. The van der Waals surface area contributed by atoms with Crippen molar-refractivity contribution in [3.05, 3.63) is 28.8 Å². The van der Waals surface area contributed by atoms with E-state index in [4.69, 9.17) is 11.6 Å². The fourth-order valence-corrected chi connectivity index (χ4v) is 2.08. The average Bonchev–Trinajstić information content (AvgIpc) is 2.23. The van der Waals surface area contributed by atoms with Crippen molar-refractivity contribution in [3.8, 4) is 0 Å². The van der Waals surface area contributed by atoms with Crippen molar-refractivity contribution in [2.24, 2.45) is 0 Å². The molecule has 3 heteroatoms. The molecule has 0 spiro atoms. The van der Waals surface area contributed by atoms with Gasteiger partial charge in [-0.05, 0) is 24.6 Å². The minimum atomic E-state index is 0.833. The van der Waals surface area contributed by atoms with E-state index < -0.39 is 0 Å². The Kier molecular flexibility index (Phi) is 2.94. The van der Waals surface area contributed by atoms with Gasteiger partial charge in [-0.2, -0.15) is 0 Å². The first-order valence-corrected chi connectivity index (χ1v) is 5.48. The van der Waals surface area contributed by atoms with E-state index in [2.05, 4.69) is 29.3 Å². The fourth-order valence-electron chi connectivity index (χ4n) is 1.91. The van der Waals surface area contributed by atoms with Gasteiger partial charge in [0, 0.05) is 10.7 Å². The molecule has 0 unspecified atom stereocenters. The van der Waals surface area contributed by atoms with Gasteiger partial charge in [0.15, 0.2) is 0 Å². The summed E-state index contributed by atoms with van der Waals surface area (Å²) in [5.74, 6) is 0. The molecule has 2 rings (SSSR count). The highest BCUT2D eigenvalue weighted by molar-refractivity contribution is 6.30. The van der Waals surface area contributed by atoms with Gasteiger partial charge in [-0.3, -0.25) is 0 Å². The summed E-state index contributed by atoms with van der Waals surface area (Å²) in [6, 6.07) is 6.12. The van der Waals surface area contributed by atoms with E-state index in [9.17, 15) is 0 Å². The summed E-state index contributed by atoms with van der Waals surface area (Å²) in [6.07, 6.45) is 0. The number of hydrogen-bond donors (Lipinski definition) is 1. The molecule has 76 valence electrons. The second kappa shape index (κ2) is 4.20. The molecule has 0 bridgehead atoms. The zero-order chi connectivity index (χ0) is 9.97. The Morgan fingerprint density at radius 2 is 2.00 bits per heavy atom. The smallest absolute Gasteiger partial charge is 0.0934 e. The van der Waals surface area contributed by atoms with Crippen LogP contribution in [0.25, 0.3) is 0 Å². The number of nitrogens with two attached hydrogens (primary N) is 1. The van der Waals surface area contributed by atoms with Crippen LogP contribution in [0, 0.1) is 6.92 Å². The van der Waals surface area contributed by atoms with Crippen LogP contribution in [0.1, 0.15) is 5.56 Å². The standard InChI is InChI=1S/C11H15ClN2/c1-9-2-3-10(12)8-11(9)14-6-4-13-5-7-14/h2-3,8,13H,4-7H2,1H3/p+1. The lowest BCUT2D eigenvalue weighted by Gasteiger charge is -2.28. The lowest BCUT2D eigenvalue weighted by Crippen LogP contribution is -2.89. The van der Waals surface area contributed by atoms with Gasteiger partial charge in [0.1, 0.15) is 0 Å². The van der Waals surface area contributed by atoms with Gasteiger partial charge in [0.05, 0.1) is 26.2 Å². The highest BCUT2D eigenvalue weighted by Gasteiger charge is 2.14. The SMILES string of the molecule is Cc1ccc(Cl)cc1N1CC[NH2+]CC1. The van der Waals surface area contributed by atoms with Gasteiger partial charge in [0.25, 0.3) is 0 Å². The third-order valence-electron chi connectivity index (χ3n) is 2.72. The molecule has 0 radical (unpaired) electrons. The highest BCUT2D eigenvalue weighted by atomic mass is 35.5. The summed E-state index contributed by atoms with van der Waals surface area (Å²) in [5.41, 5.74) is 2.61. The summed E-state index contributed by atoms with van der Waals surface area (Å²) in [6.45, 7) is 6.77. The van der Waals surface area contributed by atoms with E-state index in [0.29, 0.717) is 0 Å². The average molecular weight is 212 g/mol. The van der Waals surface area contributed by atoms with E-state index in [-0.39, 0.29) is 0 Å². The van der Waals surface area contributed by atoms with Crippen LogP contribution in [-0.4, -0.2) is 26.2 Å². The zero-order valence-corrected chi connectivity index (χ0v) is 9.22. The number of aryl methyl sites for hydroxylation is 1. The summed E-state index contributed by atoms with van der Waals surface area (Å²) in [7, 11) is 0. The molecule has 0 aromatic heterocycles. The molecule has 14 heavy (non-hydrogen) atoms. The number of rotatable bonds is 1. The molecule has 2 N–H and O–H groups in total. The molecular weight excluding hydrogens is 196 g/mol. The van der Waals surface area contributed by atoms with Crippen LogP contribution in [0.5, 0.6) is 0 Å². The normalized spacial score (nSPS) is 17.1. The molecule has 1 aromatic carbocycles. The molecule has 0 saturated carbocycles. The number of halogens is 1. The third kappa shape index (κ3) is 2.02. The van der Waals surface area contributed by atoms with Gasteiger partial charge in [-0.25, -0.2) is 0 Å². The second-order valence-corrected chi connectivity index (χ2v) is 4.22. The Balaban J connectivity index is 2.24. The minimum absolute atomic E-state index is 0.833. The van der Waals surface area contributed by atoms with E-state index in [0.717, 1.165) is 18.1 Å². The topological polar surface area (TPSA) is 19.9 Å². The first-order valence-electron chi connectivity index (χ1n) is 5.10. The largest absolute Gasteiger partial charge is 0.360 e. The van der Waals surface area contributed by atoms with E-state index in [1.807, 2.05) is 6.07 Å². The predicted molar refractivity (Wildman–Crippen MR) is 60.1 cm³/mol. The minimum Gasteiger partial charge on any atom is -0.360 e. The quantitative estimate of drug-likeness (QED) is 0.736. The molecule has 1 saturated heterocycles. The van der Waals surface area contributed by atoms with Crippen molar-refractivity contribution in [2.75, 3.05) is 31.1 Å². The van der Waals surface area contributed by atoms with Crippen molar-refractivity contribution in [1.82, 2.24) is 0 Å². The summed E-state index contributed by atoms with van der Waals surface area (Å²) in [5, 5.41) is 3.19. The number of anilines is 1. The maximum atomic E-state index is 6.00. The summed E-state index contributed by atoms with van der Waals surface area (Å²) < 4.78 is 0. The van der Waals surface area contributed by atoms with Crippen molar-refractivity contribution < 1.29 is 5.32 Å². The van der Waals surface area contributed by atoms with Crippen LogP contribution in [0.15, 0.2) is 18.2 Å². The van der Waals surface area contributed by atoms with Gasteiger partial charge in [-0.1, -0.05) is 17.7 Å².